The Morgan fingerprint density at radius 3 is 2.37 bits per heavy atom. The minimum absolute atomic E-state index is 0.456. The van der Waals surface area contributed by atoms with Crippen LogP contribution in [0, 0.1) is 13.8 Å². The number of nitrogens with zero attached hydrogens (tertiary/aromatic N) is 1. The summed E-state index contributed by atoms with van der Waals surface area (Å²) in [6.45, 7) is 6.73. The lowest BCUT2D eigenvalue weighted by Gasteiger charge is -2.27. The fourth-order valence-electron chi connectivity index (χ4n) is 3.48. The van der Waals surface area contributed by atoms with Gasteiger partial charge in [-0.3, -0.25) is 0 Å². The van der Waals surface area contributed by atoms with Crippen LogP contribution in [0.5, 0.6) is 0 Å². The van der Waals surface area contributed by atoms with E-state index in [2.05, 4.69) is 75.2 Å². The van der Waals surface area contributed by atoms with E-state index >= 15 is 0 Å². The molecule has 0 N–H and O–H groups in total. The molecule has 1 nitrogen and oxygen atoms in total. The SMILES string of the molecule is Cc1ccc(C2C(C)c3ccccc3N2C)c(C)c1. The lowest BCUT2D eigenvalue weighted by molar-refractivity contribution is 0.607. The Balaban J connectivity index is 2.08. The molecule has 19 heavy (non-hydrogen) atoms. The van der Waals surface area contributed by atoms with Crippen LogP contribution in [0.4, 0.5) is 5.69 Å². The van der Waals surface area contributed by atoms with Gasteiger partial charge < -0.3 is 4.90 Å². The first-order valence-corrected chi connectivity index (χ1v) is 6.98. The standard InChI is InChI=1S/C18H21N/c1-12-9-10-15(13(2)11-12)18-14(3)16-7-5-6-8-17(16)19(18)4/h5-11,14,18H,1-4H3. The van der Waals surface area contributed by atoms with Crippen molar-refractivity contribution < 1.29 is 0 Å². The smallest absolute Gasteiger partial charge is 0.0608 e. The van der Waals surface area contributed by atoms with Crippen molar-refractivity contribution in [1.82, 2.24) is 0 Å². The largest absolute Gasteiger partial charge is 0.367 e. The van der Waals surface area contributed by atoms with Crippen molar-refractivity contribution in [3.8, 4) is 0 Å². The summed E-state index contributed by atoms with van der Waals surface area (Å²) in [6, 6.07) is 16.0. The Bertz CT molecular complexity index is 586. The lowest BCUT2D eigenvalue weighted by atomic mass is 9.89. The van der Waals surface area contributed by atoms with Gasteiger partial charge in [0.2, 0.25) is 0 Å². The van der Waals surface area contributed by atoms with Gasteiger partial charge in [-0.2, -0.15) is 0 Å². The molecule has 0 fully saturated rings. The summed E-state index contributed by atoms with van der Waals surface area (Å²) in [7, 11) is 2.21. The van der Waals surface area contributed by atoms with Gasteiger partial charge in [0.05, 0.1) is 6.04 Å². The van der Waals surface area contributed by atoms with Gasteiger partial charge in [-0.15, -0.1) is 0 Å². The predicted molar refractivity (Wildman–Crippen MR) is 81.9 cm³/mol. The molecule has 1 heterocycles. The first kappa shape index (κ1) is 12.3. The van der Waals surface area contributed by atoms with Crippen molar-refractivity contribution in [2.45, 2.75) is 32.7 Å². The van der Waals surface area contributed by atoms with Crippen LogP contribution >= 0.6 is 0 Å². The molecule has 0 radical (unpaired) electrons. The van der Waals surface area contributed by atoms with E-state index in [9.17, 15) is 0 Å². The number of fused-ring (bicyclic) bond motifs is 1. The molecule has 1 aliphatic heterocycles. The number of hydrogen-bond donors (Lipinski definition) is 0. The molecular weight excluding hydrogens is 230 g/mol. The molecule has 2 aromatic carbocycles. The Morgan fingerprint density at radius 2 is 1.68 bits per heavy atom. The number of likely N-dealkylation sites (N-methyl/N-ethyl adjacent to an activating group) is 1. The van der Waals surface area contributed by atoms with Gasteiger partial charge in [0.25, 0.3) is 0 Å². The maximum Gasteiger partial charge on any atom is 0.0608 e. The van der Waals surface area contributed by atoms with Gasteiger partial charge in [-0.1, -0.05) is 48.9 Å². The third kappa shape index (κ3) is 1.85. The number of para-hydroxylation sites is 1. The highest BCUT2D eigenvalue weighted by Gasteiger charge is 2.34. The van der Waals surface area contributed by atoms with E-state index in [4.69, 9.17) is 0 Å². The maximum absolute atomic E-state index is 2.43. The van der Waals surface area contributed by atoms with Crippen LogP contribution in [0.15, 0.2) is 42.5 Å². The molecule has 3 rings (SSSR count). The van der Waals surface area contributed by atoms with Crippen LogP contribution < -0.4 is 4.90 Å². The molecule has 1 aliphatic rings. The molecule has 0 bridgehead atoms. The molecule has 2 unspecified atom stereocenters. The Morgan fingerprint density at radius 1 is 0.947 bits per heavy atom. The normalized spacial score (nSPS) is 21.6. The number of hydrogen-bond acceptors (Lipinski definition) is 1. The molecule has 0 aliphatic carbocycles. The summed E-state index contributed by atoms with van der Waals surface area (Å²) in [5, 5.41) is 0. The zero-order chi connectivity index (χ0) is 13.6. The minimum atomic E-state index is 0.456. The summed E-state index contributed by atoms with van der Waals surface area (Å²) in [5.74, 6) is 0.544. The highest BCUT2D eigenvalue weighted by molar-refractivity contribution is 5.63. The highest BCUT2D eigenvalue weighted by atomic mass is 15.2. The van der Waals surface area contributed by atoms with E-state index in [1.165, 1.54) is 27.9 Å². The van der Waals surface area contributed by atoms with Crippen LogP contribution in [0.3, 0.4) is 0 Å². The second-order valence-electron chi connectivity index (χ2n) is 5.76. The molecule has 0 saturated carbocycles. The minimum Gasteiger partial charge on any atom is -0.367 e. The third-order valence-corrected chi connectivity index (χ3v) is 4.44. The fraction of sp³-hybridized carbons (Fsp3) is 0.333. The number of benzene rings is 2. The molecule has 98 valence electrons. The van der Waals surface area contributed by atoms with Crippen molar-refractivity contribution in [3.05, 3.63) is 64.7 Å². The zero-order valence-corrected chi connectivity index (χ0v) is 12.1. The molecule has 2 atom stereocenters. The van der Waals surface area contributed by atoms with E-state index in [1.807, 2.05) is 0 Å². The van der Waals surface area contributed by atoms with Gasteiger partial charge in [0.1, 0.15) is 0 Å². The average molecular weight is 251 g/mol. The Labute approximate surface area is 115 Å². The summed E-state index contributed by atoms with van der Waals surface area (Å²) >= 11 is 0. The van der Waals surface area contributed by atoms with Gasteiger partial charge >= 0.3 is 0 Å². The molecule has 0 spiro atoms. The monoisotopic (exact) mass is 251 g/mol. The molecule has 2 aromatic rings. The number of aryl methyl sites for hydroxylation is 2. The van der Waals surface area contributed by atoms with E-state index in [-0.39, 0.29) is 0 Å². The van der Waals surface area contributed by atoms with Crippen LogP contribution in [0.1, 0.15) is 41.1 Å². The van der Waals surface area contributed by atoms with Gasteiger partial charge in [0.15, 0.2) is 0 Å². The van der Waals surface area contributed by atoms with Gasteiger partial charge in [-0.25, -0.2) is 0 Å². The second kappa shape index (κ2) is 4.41. The molecule has 1 heteroatoms. The van der Waals surface area contributed by atoms with Crippen molar-refractivity contribution >= 4 is 5.69 Å². The third-order valence-electron chi connectivity index (χ3n) is 4.44. The summed E-state index contributed by atoms with van der Waals surface area (Å²) in [5.41, 5.74) is 7.04. The molecule has 0 saturated heterocycles. The van der Waals surface area contributed by atoms with E-state index in [0.29, 0.717) is 12.0 Å². The quantitative estimate of drug-likeness (QED) is 0.716. The first-order chi connectivity index (χ1) is 9.09. The lowest BCUT2D eigenvalue weighted by Crippen LogP contribution is -2.22. The predicted octanol–water partition coefficient (Wildman–Crippen LogP) is 4.60. The van der Waals surface area contributed by atoms with Crippen LogP contribution in [-0.2, 0) is 0 Å². The van der Waals surface area contributed by atoms with Crippen molar-refractivity contribution in [2.24, 2.45) is 0 Å². The summed E-state index contributed by atoms with van der Waals surface area (Å²) < 4.78 is 0. The maximum atomic E-state index is 2.43. The van der Waals surface area contributed by atoms with E-state index in [1.54, 1.807) is 0 Å². The van der Waals surface area contributed by atoms with Gasteiger partial charge in [0, 0.05) is 18.7 Å². The van der Waals surface area contributed by atoms with Gasteiger partial charge in [-0.05, 0) is 36.6 Å². The van der Waals surface area contributed by atoms with Crippen molar-refractivity contribution in [1.29, 1.82) is 0 Å². The number of rotatable bonds is 1. The number of anilines is 1. The second-order valence-corrected chi connectivity index (χ2v) is 5.76. The molecule has 0 amide bonds. The fourth-order valence-corrected chi connectivity index (χ4v) is 3.48. The zero-order valence-electron chi connectivity index (χ0n) is 12.1. The van der Waals surface area contributed by atoms with Crippen molar-refractivity contribution in [3.63, 3.8) is 0 Å². The molecule has 0 aromatic heterocycles. The average Bonchev–Trinajstić information content (AvgIpc) is 2.64. The summed E-state index contributed by atoms with van der Waals surface area (Å²) in [6.07, 6.45) is 0. The Kier molecular flexibility index (Phi) is 2.85. The van der Waals surface area contributed by atoms with E-state index < -0.39 is 0 Å². The molecular formula is C18H21N. The van der Waals surface area contributed by atoms with Crippen LogP contribution in [0.2, 0.25) is 0 Å². The highest BCUT2D eigenvalue weighted by Crippen LogP contribution is 2.48. The first-order valence-electron chi connectivity index (χ1n) is 6.98. The van der Waals surface area contributed by atoms with Crippen molar-refractivity contribution in [2.75, 3.05) is 11.9 Å². The topological polar surface area (TPSA) is 3.24 Å². The van der Waals surface area contributed by atoms with Crippen LogP contribution in [-0.4, -0.2) is 7.05 Å². The van der Waals surface area contributed by atoms with E-state index in [0.717, 1.165) is 0 Å². The van der Waals surface area contributed by atoms with Crippen LogP contribution in [0.25, 0.3) is 0 Å². The Hall–Kier alpha value is -1.76. The summed E-state index contributed by atoms with van der Waals surface area (Å²) in [4.78, 5) is 2.43.